The smallest absolute Gasteiger partial charge is 0.334 e. The average Bonchev–Trinajstić information content (AvgIpc) is 2.25. The van der Waals surface area contributed by atoms with Gasteiger partial charge in [0, 0.05) is 7.11 Å². The Hall–Kier alpha value is -1.14. The van der Waals surface area contributed by atoms with Gasteiger partial charge in [-0.2, -0.15) is 0 Å². The first-order valence-electron chi connectivity index (χ1n) is 5.31. The standard InChI is InChI=1S/C10H20N2O4/c1-3-4-5-7(11)9(13)12-6-8(16-2)10(14)15/h7-8H,3-6,11H2,1-2H3,(H,12,13)(H,14,15)/t7-,8?/m0/s1. The van der Waals surface area contributed by atoms with Gasteiger partial charge in [-0.15, -0.1) is 0 Å². The fraction of sp³-hybridized carbons (Fsp3) is 0.800. The van der Waals surface area contributed by atoms with E-state index in [1.165, 1.54) is 7.11 Å². The summed E-state index contributed by atoms with van der Waals surface area (Å²) in [6.45, 7) is 1.94. The number of methoxy groups -OCH3 is 1. The van der Waals surface area contributed by atoms with Crippen LogP contribution in [0.2, 0.25) is 0 Å². The predicted molar refractivity (Wildman–Crippen MR) is 58.9 cm³/mol. The zero-order chi connectivity index (χ0) is 12.6. The summed E-state index contributed by atoms with van der Waals surface area (Å²) in [6, 6.07) is -0.578. The van der Waals surface area contributed by atoms with Crippen LogP contribution in [0.25, 0.3) is 0 Å². The lowest BCUT2D eigenvalue weighted by atomic mass is 10.1. The minimum atomic E-state index is -1.11. The van der Waals surface area contributed by atoms with Crippen LogP contribution in [0.4, 0.5) is 0 Å². The van der Waals surface area contributed by atoms with Crippen molar-refractivity contribution >= 4 is 11.9 Å². The maximum atomic E-state index is 11.4. The Balaban J connectivity index is 3.91. The molecule has 1 amide bonds. The number of hydrogen-bond acceptors (Lipinski definition) is 4. The van der Waals surface area contributed by atoms with Gasteiger partial charge >= 0.3 is 5.97 Å². The zero-order valence-electron chi connectivity index (χ0n) is 9.73. The lowest BCUT2D eigenvalue weighted by Gasteiger charge is -2.14. The largest absolute Gasteiger partial charge is 0.479 e. The molecule has 0 aliphatic rings. The minimum Gasteiger partial charge on any atom is -0.479 e. The molecule has 0 saturated carbocycles. The molecule has 94 valence electrons. The summed E-state index contributed by atoms with van der Waals surface area (Å²) in [7, 11) is 1.28. The van der Waals surface area contributed by atoms with E-state index in [-0.39, 0.29) is 12.5 Å². The Morgan fingerprint density at radius 2 is 2.12 bits per heavy atom. The van der Waals surface area contributed by atoms with Gasteiger partial charge in [-0.3, -0.25) is 4.79 Å². The number of amides is 1. The number of hydrogen-bond donors (Lipinski definition) is 3. The predicted octanol–water partition coefficient (Wildman–Crippen LogP) is -0.280. The lowest BCUT2D eigenvalue weighted by Crippen LogP contribution is -2.45. The molecule has 2 atom stereocenters. The quantitative estimate of drug-likeness (QED) is 0.534. The lowest BCUT2D eigenvalue weighted by molar-refractivity contribution is -0.148. The number of rotatable bonds is 8. The van der Waals surface area contributed by atoms with Crippen molar-refractivity contribution in [2.24, 2.45) is 5.73 Å². The third kappa shape index (κ3) is 5.67. The van der Waals surface area contributed by atoms with Gasteiger partial charge in [0.1, 0.15) is 0 Å². The summed E-state index contributed by atoms with van der Waals surface area (Å²) < 4.78 is 4.67. The molecular formula is C10H20N2O4. The number of nitrogens with one attached hydrogen (secondary N) is 1. The van der Waals surface area contributed by atoms with Gasteiger partial charge in [-0.25, -0.2) is 4.79 Å². The fourth-order valence-electron chi connectivity index (χ4n) is 1.15. The number of ether oxygens (including phenoxy) is 1. The molecule has 16 heavy (non-hydrogen) atoms. The van der Waals surface area contributed by atoms with Crippen molar-refractivity contribution in [1.29, 1.82) is 0 Å². The molecule has 0 bridgehead atoms. The van der Waals surface area contributed by atoms with Crippen LogP contribution in [0.15, 0.2) is 0 Å². The maximum absolute atomic E-state index is 11.4. The maximum Gasteiger partial charge on any atom is 0.334 e. The highest BCUT2D eigenvalue weighted by Gasteiger charge is 2.19. The summed E-state index contributed by atoms with van der Waals surface area (Å²) in [6.07, 6.45) is 1.42. The monoisotopic (exact) mass is 232 g/mol. The molecular weight excluding hydrogens is 212 g/mol. The summed E-state index contributed by atoms with van der Waals surface area (Å²) in [4.78, 5) is 22.0. The molecule has 0 fully saturated rings. The Morgan fingerprint density at radius 1 is 1.50 bits per heavy atom. The van der Waals surface area contributed by atoms with Crippen LogP contribution in [0.1, 0.15) is 26.2 Å². The van der Waals surface area contributed by atoms with Crippen LogP contribution < -0.4 is 11.1 Å². The molecule has 0 rings (SSSR count). The number of carbonyl (C=O) groups excluding carboxylic acids is 1. The van der Waals surface area contributed by atoms with Crippen LogP contribution in [-0.2, 0) is 14.3 Å². The van der Waals surface area contributed by atoms with E-state index in [1.54, 1.807) is 0 Å². The molecule has 4 N–H and O–H groups in total. The van der Waals surface area contributed by atoms with Gasteiger partial charge < -0.3 is 20.9 Å². The highest BCUT2D eigenvalue weighted by atomic mass is 16.5. The van der Waals surface area contributed by atoms with Crippen LogP contribution in [0, 0.1) is 0 Å². The van der Waals surface area contributed by atoms with Crippen LogP contribution in [0.5, 0.6) is 0 Å². The molecule has 0 aromatic heterocycles. The number of carboxylic acid groups (broad SMARTS) is 1. The first-order chi connectivity index (χ1) is 7.52. The van der Waals surface area contributed by atoms with Gasteiger partial charge in [0.25, 0.3) is 0 Å². The van der Waals surface area contributed by atoms with Crippen molar-refractivity contribution in [2.75, 3.05) is 13.7 Å². The van der Waals surface area contributed by atoms with Crippen molar-refractivity contribution in [3.05, 3.63) is 0 Å². The molecule has 0 heterocycles. The summed E-state index contributed by atoms with van der Waals surface area (Å²) in [5.74, 6) is -1.44. The Labute approximate surface area is 95.1 Å². The number of nitrogens with two attached hydrogens (primary N) is 1. The molecule has 0 saturated heterocycles. The second kappa shape index (κ2) is 8.06. The van der Waals surface area contributed by atoms with E-state index in [9.17, 15) is 9.59 Å². The summed E-state index contributed by atoms with van der Waals surface area (Å²) in [5, 5.41) is 11.1. The average molecular weight is 232 g/mol. The number of aliphatic carboxylic acids is 1. The third-order valence-electron chi connectivity index (χ3n) is 2.23. The Kier molecular flexibility index (Phi) is 7.49. The van der Waals surface area contributed by atoms with Crippen molar-refractivity contribution in [1.82, 2.24) is 5.32 Å². The van der Waals surface area contributed by atoms with Crippen molar-refractivity contribution in [2.45, 2.75) is 38.3 Å². The number of unbranched alkanes of at least 4 members (excludes halogenated alkanes) is 1. The molecule has 0 spiro atoms. The molecule has 0 radical (unpaired) electrons. The molecule has 6 nitrogen and oxygen atoms in total. The SMILES string of the molecule is CCCC[C@H](N)C(=O)NCC(OC)C(=O)O. The highest BCUT2D eigenvalue weighted by Crippen LogP contribution is 1.98. The highest BCUT2D eigenvalue weighted by molar-refractivity contribution is 5.82. The van der Waals surface area contributed by atoms with Crippen molar-refractivity contribution in [3.63, 3.8) is 0 Å². The van der Waals surface area contributed by atoms with E-state index >= 15 is 0 Å². The molecule has 0 aromatic carbocycles. The van der Waals surface area contributed by atoms with Crippen molar-refractivity contribution in [3.8, 4) is 0 Å². The second-order valence-electron chi connectivity index (χ2n) is 3.56. The van der Waals surface area contributed by atoms with Crippen LogP contribution in [0.3, 0.4) is 0 Å². The first kappa shape index (κ1) is 14.9. The van der Waals surface area contributed by atoms with Gasteiger partial charge in [0.15, 0.2) is 6.10 Å². The van der Waals surface area contributed by atoms with Crippen LogP contribution in [-0.4, -0.2) is 42.8 Å². The molecule has 0 aromatic rings. The van der Waals surface area contributed by atoms with E-state index < -0.39 is 18.1 Å². The molecule has 6 heteroatoms. The van der Waals surface area contributed by atoms with E-state index in [0.29, 0.717) is 6.42 Å². The summed E-state index contributed by atoms with van der Waals surface area (Å²) in [5.41, 5.74) is 5.61. The van der Waals surface area contributed by atoms with E-state index in [4.69, 9.17) is 10.8 Å². The first-order valence-corrected chi connectivity index (χ1v) is 5.31. The van der Waals surface area contributed by atoms with E-state index in [1.807, 2.05) is 6.92 Å². The van der Waals surface area contributed by atoms with Crippen LogP contribution >= 0.6 is 0 Å². The normalized spacial score (nSPS) is 14.2. The van der Waals surface area contributed by atoms with Gasteiger partial charge in [0.2, 0.25) is 5.91 Å². The number of carbonyl (C=O) groups is 2. The number of carboxylic acids is 1. The van der Waals surface area contributed by atoms with Crippen molar-refractivity contribution < 1.29 is 19.4 Å². The minimum absolute atomic E-state index is 0.0650. The molecule has 0 aliphatic carbocycles. The second-order valence-corrected chi connectivity index (χ2v) is 3.56. The molecule has 0 aliphatic heterocycles. The Morgan fingerprint density at radius 3 is 2.56 bits per heavy atom. The molecule has 1 unspecified atom stereocenters. The topological polar surface area (TPSA) is 102 Å². The zero-order valence-corrected chi connectivity index (χ0v) is 9.73. The summed E-state index contributed by atoms with van der Waals surface area (Å²) >= 11 is 0. The van der Waals surface area contributed by atoms with Gasteiger partial charge in [0.05, 0.1) is 12.6 Å². The fourth-order valence-corrected chi connectivity index (χ4v) is 1.15. The third-order valence-corrected chi connectivity index (χ3v) is 2.23. The van der Waals surface area contributed by atoms with Gasteiger partial charge in [-0.05, 0) is 6.42 Å². The van der Waals surface area contributed by atoms with Gasteiger partial charge in [-0.1, -0.05) is 19.8 Å². The van der Waals surface area contributed by atoms with E-state index in [2.05, 4.69) is 10.1 Å². The van der Waals surface area contributed by atoms with E-state index in [0.717, 1.165) is 12.8 Å². The Bertz CT molecular complexity index is 233.